The molecule has 0 bridgehead atoms. The van der Waals surface area contributed by atoms with Gasteiger partial charge in [0.15, 0.2) is 6.10 Å². The third kappa shape index (κ3) is 43.6. The van der Waals surface area contributed by atoms with Crippen LogP contribution in [0, 0.1) is 0 Å². The molecule has 0 aromatic heterocycles. The van der Waals surface area contributed by atoms with Gasteiger partial charge in [0.25, 0.3) is 0 Å². The average molecular weight is 853 g/mol. The van der Waals surface area contributed by atoms with Crippen molar-refractivity contribution in [2.45, 2.75) is 187 Å². The van der Waals surface area contributed by atoms with Crippen LogP contribution in [0.5, 0.6) is 0 Å². The summed E-state index contributed by atoms with van der Waals surface area (Å²) in [6, 6.07) is 0. The number of esters is 2. The smallest absolute Gasteiger partial charge is 0.462 e. The van der Waals surface area contributed by atoms with Gasteiger partial charge in [-0.15, -0.1) is 0 Å². The minimum Gasteiger partial charge on any atom is -0.462 e. The normalized spacial score (nSPS) is 14.6. The van der Waals surface area contributed by atoms with Crippen LogP contribution in [0.15, 0.2) is 60.8 Å². The fourth-order valence-corrected chi connectivity index (χ4v) is 6.68. The topological polar surface area (TPSA) is 129 Å². The predicted molar refractivity (Wildman–Crippen MR) is 244 cm³/mol. The molecule has 0 rings (SSSR count). The lowest BCUT2D eigenvalue weighted by atomic mass is 10.1. The fraction of sp³-hybridized carbons (Fsp3) is 0.750. The molecule has 0 radical (unpaired) electrons. The number of carbonyl (C=O) groups excluding carboxylic acids is 2. The number of likely N-dealkylation sites (N-methyl/N-ethyl adjacent to an activating group) is 1. The highest BCUT2D eigenvalue weighted by molar-refractivity contribution is 7.47. The summed E-state index contributed by atoms with van der Waals surface area (Å²) in [5.41, 5.74) is 0. The second kappa shape index (κ2) is 39.8. The van der Waals surface area contributed by atoms with E-state index < -0.39 is 32.5 Å². The van der Waals surface area contributed by atoms with Gasteiger partial charge in [-0.25, -0.2) is 4.57 Å². The van der Waals surface area contributed by atoms with Gasteiger partial charge in [0.05, 0.1) is 33.9 Å². The van der Waals surface area contributed by atoms with E-state index in [0.29, 0.717) is 23.9 Å². The van der Waals surface area contributed by atoms with E-state index in [1.165, 1.54) is 64.2 Å². The molecule has 10 nitrogen and oxygen atoms in total. The zero-order valence-electron chi connectivity index (χ0n) is 38.1. The molecule has 3 atom stereocenters. The van der Waals surface area contributed by atoms with Gasteiger partial charge in [-0.1, -0.05) is 158 Å². The third-order valence-electron chi connectivity index (χ3n) is 9.62. The molecule has 2 N–H and O–H groups in total. The Morgan fingerprint density at radius 3 is 1.78 bits per heavy atom. The van der Waals surface area contributed by atoms with Crippen LogP contribution >= 0.6 is 7.82 Å². The van der Waals surface area contributed by atoms with Gasteiger partial charge in [0, 0.05) is 12.8 Å². The van der Waals surface area contributed by atoms with Gasteiger partial charge in [-0.3, -0.25) is 18.6 Å². The first-order valence-electron chi connectivity index (χ1n) is 23.1. The van der Waals surface area contributed by atoms with E-state index in [1.807, 2.05) is 57.6 Å². The van der Waals surface area contributed by atoms with Crippen molar-refractivity contribution in [1.29, 1.82) is 0 Å². The fourth-order valence-electron chi connectivity index (χ4n) is 5.93. The number of carbonyl (C=O) groups is 2. The SMILES string of the molecule is CCCCCCCC/C=C\CCCCCCCCCC(=O)OC[C@H](COP(=O)(O)OCC[N+](C)(C)C)OC(=O)CCC/C=C\C/C=C\C/C=C\C=C\[C@@H](O)CCCCC. The Hall–Kier alpha value is -2.33. The molecule has 11 heteroatoms. The van der Waals surface area contributed by atoms with Gasteiger partial charge in [-0.2, -0.15) is 0 Å². The molecule has 0 aliphatic heterocycles. The van der Waals surface area contributed by atoms with E-state index in [9.17, 15) is 24.2 Å². The number of quaternary nitrogens is 1. The monoisotopic (exact) mass is 853 g/mol. The van der Waals surface area contributed by atoms with Crippen molar-refractivity contribution >= 4 is 19.8 Å². The number of unbranched alkanes of at least 4 members (excludes halogenated alkanes) is 16. The Labute approximate surface area is 360 Å². The van der Waals surface area contributed by atoms with Gasteiger partial charge in [0.2, 0.25) is 0 Å². The Bertz CT molecular complexity index is 1210. The predicted octanol–water partition coefficient (Wildman–Crippen LogP) is 12.2. The Kier molecular flexibility index (Phi) is 38.2. The zero-order valence-corrected chi connectivity index (χ0v) is 39.0. The van der Waals surface area contributed by atoms with E-state index in [0.717, 1.165) is 70.6 Å². The number of rotatable bonds is 41. The first kappa shape index (κ1) is 56.7. The van der Waals surface area contributed by atoms with Crippen molar-refractivity contribution < 1.29 is 47.2 Å². The number of ether oxygens (including phenoxy) is 2. The number of phosphoric acid groups is 1. The van der Waals surface area contributed by atoms with Crippen LogP contribution in [-0.2, 0) is 32.7 Å². The molecule has 59 heavy (non-hydrogen) atoms. The van der Waals surface area contributed by atoms with E-state index in [-0.39, 0.29) is 32.2 Å². The number of hydrogen-bond acceptors (Lipinski definition) is 8. The number of nitrogens with zero attached hydrogens (tertiary/aromatic N) is 1. The van der Waals surface area contributed by atoms with Gasteiger partial charge in [0.1, 0.15) is 19.8 Å². The average Bonchev–Trinajstić information content (AvgIpc) is 3.18. The van der Waals surface area contributed by atoms with Crippen LogP contribution in [0.2, 0.25) is 0 Å². The Morgan fingerprint density at radius 1 is 0.610 bits per heavy atom. The molecule has 0 aliphatic carbocycles. The van der Waals surface area contributed by atoms with Crippen molar-refractivity contribution in [1.82, 2.24) is 0 Å². The van der Waals surface area contributed by atoms with Gasteiger partial charge < -0.3 is 24.0 Å². The maximum Gasteiger partial charge on any atom is 0.472 e. The first-order chi connectivity index (χ1) is 28.4. The molecule has 0 aromatic carbocycles. The Balaban J connectivity index is 4.48. The summed E-state index contributed by atoms with van der Waals surface area (Å²) in [4.78, 5) is 35.4. The molecule has 0 aliphatic rings. The van der Waals surface area contributed by atoms with Gasteiger partial charge >= 0.3 is 19.8 Å². The number of aliphatic hydroxyl groups excluding tert-OH is 1. The minimum absolute atomic E-state index is 0.0104. The summed E-state index contributed by atoms with van der Waals surface area (Å²) in [7, 11) is 1.40. The summed E-state index contributed by atoms with van der Waals surface area (Å²) in [6.45, 7) is 4.20. The summed E-state index contributed by atoms with van der Waals surface area (Å²) >= 11 is 0. The van der Waals surface area contributed by atoms with Crippen molar-refractivity contribution in [3.8, 4) is 0 Å². The van der Waals surface area contributed by atoms with Crippen LogP contribution in [0.1, 0.15) is 174 Å². The highest BCUT2D eigenvalue weighted by atomic mass is 31.2. The van der Waals surface area contributed by atoms with E-state index >= 15 is 0 Å². The van der Waals surface area contributed by atoms with Crippen LogP contribution in [0.4, 0.5) is 0 Å². The van der Waals surface area contributed by atoms with Gasteiger partial charge in [-0.05, 0) is 64.2 Å². The van der Waals surface area contributed by atoms with E-state index in [1.54, 1.807) is 0 Å². The molecule has 0 fully saturated rings. The molecule has 0 aromatic rings. The molecule has 0 amide bonds. The minimum atomic E-state index is -4.41. The lowest BCUT2D eigenvalue weighted by Crippen LogP contribution is -2.37. The quantitative estimate of drug-likeness (QED) is 0.0154. The summed E-state index contributed by atoms with van der Waals surface area (Å²) in [5, 5.41) is 9.91. The highest BCUT2D eigenvalue weighted by Gasteiger charge is 2.27. The molecule has 0 saturated heterocycles. The first-order valence-corrected chi connectivity index (χ1v) is 24.6. The lowest BCUT2D eigenvalue weighted by molar-refractivity contribution is -0.870. The van der Waals surface area contributed by atoms with E-state index in [2.05, 4.69) is 38.2 Å². The molecule has 0 heterocycles. The molecule has 0 saturated carbocycles. The number of aliphatic hydroxyl groups is 1. The Morgan fingerprint density at radius 2 is 1.14 bits per heavy atom. The highest BCUT2D eigenvalue weighted by Crippen LogP contribution is 2.43. The van der Waals surface area contributed by atoms with Crippen molar-refractivity contribution in [2.24, 2.45) is 0 Å². The maximum absolute atomic E-state index is 12.7. The number of hydrogen-bond donors (Lipinski definition) is 2. The molecular formula is C48H87NO9P+. The number of phosphoric ester groups is 1. The van der Waals surface area contributed by atoms with Crippen molar-refractivity contribution in [3.63, 3.8) is 0 Å². The second-order valence-electron chi connectivity index (χ2n) is 16.6. The maximum atomic E-state index is 12.7. The van der Waals surface area contributed by atoms with Crippen LogP contribution in [0.3, 0.4) is 0 Å². The standard InChI is InChI=1S/C48H86NO9P/c1-6-8-10-11-12-13-14-15-16-17-18-19-22-25-28-31-35-39-47(51)55-43-46(44-57-59(53,54)56-42-41-49(3,4)5)58-48(52)40-36-32-29-26-23-20-21-24-27-30-34-38-45(50)37-33-9-7-2/h15-16,20-21,26-27,29-30,34,38,45-46,50H,6-14,17-19,22-25,28,31-33,35-37,39-44H2,1-5H3/p+1/b16-15-,21-20-,29-26-,30-27-,38-34+/t45-,46+/m0/s1. The van der Waals surface area contributed by atoms with Crippen LogP contribution in [0.25, 0.3) is 0 Å². The summed E-state index contributed by atoms with van der Waals surface area (Å²) in [6.07, 6.45) is 44.6. The third-order valence-corrected chi connectivity index (χ3v) is 10.6. The molecule has 1 unspecified atom stereocenters. The van der Waals surface area contributed by atoms with E-state index in [4.69, 9.17) is 18.5 Å². The van der Waals surface area contributed by atoms with Crippen molar-refractivity contribution in [3.05, 3.63) is 60.8 Å². The van der Waals surface area contributed by atoms with Crippen LogP contribution < -0.4 is 0 Å². The summed E-state index contributed by atoms with van der Waals surface area (Å²) in [5.74, 6) is -0.898. The molecule has 0 spiro atoms. The largest absolute Gasteiger partial charge is 0.472 e. The molecule has 342 valence electrons. The second-order valence-corrected chi connectivity index (χ2v) is 18.1. The zero-order chi connectivity index (χ0) is 43.7. The van der Waals surface area contributed by atoms with Crippen LogP contribution in [-0.4, -0.2) is 86.1 Å². The molecular weight excluding hydrogens is 765 g/mol. The van der Waals surface area contributed by atoms with Crippen molar-refractivity contribution in [2.75, 3.05) is 47.5 Å². The summed E-state index contributed by atoms with van der Waals surface area (Å²) < 4.78 is 34.2. The number of allylic oxidation sites excluding steroid dienone is 9. The lowest BCUT2D eigenvalue weighted by Gasteiger charge is -2.24.